The number of benzene rings is 14. The van der Waals surface area contributed by atoms with Crippen LogP contribution in [0.4, 0.5) is 0 Å². The third kappa shape index (κ3) is 9.75. The summed E-state index contributed by atoms with van der Waals surface area (Å²) < 4.78 is 7.02. The zero-order valence-corrected chi connectivity index (χ0v) is 54.9. The molecular weight excluding hydrogens is 1260 g/mol. The van der Waals surface area contributed by atoms with Gasteiger partial charge in [-0.1, -0.05) is 206 Å². The van der Waals surface area contributed by atoms with Gasteiger partial charge in [0.05, 0.1) is 42.5 Å². The Kier molecular flexibility index (Phi) is 13.4. The summed E-state index contributed by atoms with van der Waals surface area (Å²) in [7, 11) is 0. The molecule has 0 aliphatic rings. The number of fused-ring (bicyclic) bond motifs is 10. The lowest BCUT2D eigenvalue weighted by atomic mass is 9.92. The van der Waals surface area contributed by atoms with E-state index in [9.17, 15) is 0 Å². The Morgan fingerprint density at radius 1 is 0.210 bits per heavy atom. The number of hydrogen-bond acceptors (Lipinski definition) is 10. The predicted molar refractivity (Wildman–Crippen MR) is 412 cm³/mol. The Morgan fingerprint density at radius 2 is 0.640 bits per heavy atom. The molecule has 466 valence electrons. The van der Waals surface area contributed by atoms with E-state index in [1.165, 1.54) is 15.5 Å². The smallest absolute Gasteiger partial charge is 0.164 e. The lowest BCUT2D eigenvalue weighted by Gasteiger charge is -2.15. The standard InChI is InChI=1S/C88H52N10S2/c1-3-20-55(21-4-1)81-91-83(57-39-44-61(45-40-57)97-75-33-13-9-27-65(75)67-48-43-60(50-77(67)97)87-89-73-31-11-15-35-79(73)99-87)94-85(93-81)59-38-37-54-25-17-29-64(69(54)49-59)70-51-71-66-28-10-14-34-76(66)98(78(71)52-72(70)88-90-74-32-12-16-36-80(74)100-88)62-46-41-58(42-47-62)84-92-82(56-22-5-2-6-23-56)95-86(96-84)68-30-18-24-53-19-7-8-26-63(53)68/h1-52H. The molecule has 20 rings (SSSR count). The molecule has 0 radical (unpaired) electrons. The first-order chi connectivity index (χ1) is 49.5. The Labute approximate surface area is 580 Å². The van der Waals surface area contributed by atoms with Crippen molar-refractivity contribution in [1.82, 2.24) is 49.0 Å². The van der Waals surface area contributed by atoms with Crippen molar-refractivity contribution in [2.75, 3.05) is 0 Å². The van der Waals surface area contributed by atoms with E-state index in [0.717, 1.165) is 147 Å². The van der Waals surface area contributed by atoms with Gasteiger partial charge in [-0.2, -0.15) is 0 Å². The van der Waals surface area contributed by atoms with Crippen LogP contribution in [-0.2, 0) is 0 Å². The van der Waals surface area contributed by atoms with Crippen molar-refractivity contribution < 1.29 is 0 Å². The topological polar surface area (TPSA) is 113 Å². The molecule has 6 aromatic heterocycles. The van der Waals surface area contributed by atoms with Crippen molar-refractivity contribution in [1.29, 1.82) is 0 Å². The molecule has 14 aromatic carbocycles. The van der Waals surface area contributed by atoms with E-state index in [2.05, 4.69) is 270 Å². The minimum absolute atomic E-state index is 0.572. The highest BCUT2D eigenvalue weighted by Gasteiger charge is 2.24. The van der Waals surface area contributed by atoms with Crippen molar-refractivity contribution in [3.05, 3.63) is 315 Å². The van der Waals surface area contributed by atoms with Gasteiger partial charge in [0.1, 0.15) is 10.0 Å². The number of rotatable bonds is 11. The summed E-state index contributed by atoms with van der Waals surface area (Å²) in [6.45, 7) is 0. The van der Waals surface area contributed by atoms with Crippen molar-refractivity contribution in [3.8, 4) is 112 Å². The van der Waals surface area contributed by atoms with Gasteiger partial charge in [-0.15, -0.1) is 22.7 Å². The summed E-state index contributed by atoms with van der Waals surface area (Å²) in [5.74, 6) is 3.57. The summed E-state index contributed by atoms with van der Waals surface area (Å²) in [4.78, 5) is 41.8. The van der Waals surface area contributed by atoms with E-state index >= 15 is 0 Å². The summed E-state index contributed by atoms with van der Waals surface area (Å²) >= 11 is 3.43. The van der Waals surface area contributed by atoms with Gasteiger partial charge in [0, 0.05) is 77.4 Å². The summed E-state index contributed by atoms with van der Waals surface area (Å²) in [5, 5.41) is 10.9. The van der Waals surface area contributed by atoms with Gasteiger partial charge in [0.15, 0.2) is 34.9 Å². The van der Waals surface area contributed by atoms with E-state index in [0.29, 0.717) is 34.9 Å². The summed E-state index contributed by atoms with van der Waals surface area (Å²) in [6, 6.07) is 111. The predicted octanol–water partition coefficient (Wildman–Crippen LogP) is 22.8. The molecule has 100 heavy (non-hydrogen) atoms. The molecule has 0 N–H and O–H groups in total. The number of hydrogen-bond donors (Lipinski definition) is 0. The van der Waals surface area contributed by atoms with Crippen LogP contribution >= 0.6 is 22.7 Å². The normalized spacial score (nSPS) is 11.8. The fourth-order valence-electron chi connectivity index (χ4n) is 14.3. The molecule has 0 aliphatic heterocycles. The molecule has 0 unspecified atom stereocenters. The number of nitrogens with zero attached hydrogens (tertiary/aromatic N) is 10. The fourth-order valence-corrected chi connectivity index (χ4v) is 16.3. The molecule has 12 heteroatoms. The lowest BCUT2D eigenvalue weighted by molar-refractivity contribution is 1.07. The largest absolute Gasteiger partial charge is 0.309 e. The van der Waals surface area contributed by atoms with Crippen LogP contribution in [0.1, 0.15) is 0 Å². The van der Waals surface area contributed by atoms with E-state index in [1.807, 2.05) is 54.6 Å². The first-order valence-corrected chi connectivity index (χ1v) is 34.8. The molecule has 0 saturated heterocycles. The van der Waals surface area contributed by atoms with Crippen molar-refractivity contribution in [2.45, 2.75) is 0 Å². The van der Waals surface area contributed by atoms with Crippen molar-refractivity contribution in [2.24, 2.45) is 0 Å². The van der Waals surface area contributed by atoms with Gasteiger partial charge in [0.25, 0.3) is 0 Å². The second kappa shape index (κ2) is 23.4. The molecule has 20 aromatic rings. The zero-order chi connectivity index (χ0) is 65.8. The van der Waals surface area contributed by atoms with Crippen LogP contribution in [-0.4, -0.2) is 49.0 Å². The molecule has 0 atom stereocenters. The molecule has 10 nitrogen and oxygen atoms in total. The Balaban J connectivity index is 0.711. The molecular formula is C88H52N10S2. The van der Waals surface area contributed by atoms with E-state index in [1.54, 1.807) is 22.7 Å². The third-order valence-electron chi connectivity index (χ3n) is 19.1. The highest BCUT2D eigenvalue weighted by molar-refractivity contribution is 7.22. The Morgan fingerprint density at radius 3 is 1.25 bits per heavy atom. The van der Waals surface area contributed by atoms with Crippen molar-refractivity contribution in [3.63, 3.8) is 0 Å². The van der Waals surface area contributed by atoms with E-state index < -0.39 is 0 Å². The van der Waals surface area contributed by atoms with Gasteiger partial charge in [-0.05, 0) is 142 Å². The summed E-state index contributed by atoms with van der Waals surface area (Å²) in [5.41, 5.74) is 18.0. The van der Waals surface area contributed by atoms with Crippen LogP contribution in [0.5, 0.6) is 0 Å². The van der Waals surface area contributed by atoms with Crippen LogP contribution in [0.3, 0.4) is 0 Å². The maximum absolute atomic E-state index is 5.40. The minimum atomic E-state index is 0.572. The van der Waals surface area contributed by atoms with E-state index in [4.69, 9.17) is 39.9 Å². The number of para-hydroxylation sites is 4. The molecule has 0 saturated carbocycles. The molecule has 6 heterocycles. The quantitative estimate of drug-likeness (QED) is 0.126. The highest BCUT2D eigenvalue weighted by atomic mass is 32.1. The average Bonchev–Trinajstić information content (AvgIpc) is 1.55. The van der Waals surface area contributed by atoms with Gasteiger partial charge >= 0.3 is 0 Å². The van der Waals surface area contributed by atoms with Crippen LogP contribution < -0.4 is 0 Å². The zero-order valence-electron chi connectivity index (χ0n) is 53.3. The Bertz CT molecular complexity index is 6580. The fraction of sp³-hybridized carbons (Fsp3) is 0. The lowest BCUT2D eigenvalue weighted by Crippen LogP contribution is -2.01. The SMILES string of the molecule is c1ccc(-c2nc(-c3ccc(-n4c5ccccc5c5ccc(-c6nc7ccccc7s6)cc54)cc3)nc(-c3ccc4cccc(-c5cc6c7ccccc7n(-c7ccc(-c8nc(-c9ccccc9)nc(-c9cccc%10ccccc9%10)n8)cc7)c6cc5-c5nc6ccccc6s5)c4c3)n2)cc1. The second-order valence-corrected chi connectivity index (χ2v) is 27.1. The molecule has 0 bridgehead atoms. The maximum Gasteiger partial charge on any atom is 0.164 e. The average molecular weight is 1310 g/mol. The van der Waals surface area contributed by atoms with Gasteiger partial charge in [-0.3, -0.25) is 0 Å². The van der Waals surface area contributed by atoms with Crippen LogP contribution in [0, 0.1) is 0 Å². The highest BCUT2D eigenvalue weighted by Crippen LogP contribution is 2.46. The maximum atomic E-state index is 5.40. The van der Waals surface area contributed by atoms with Crippen LogP contribution in [0.2, 0.25) is 0 Å². The molecule has 0 spiro atoms. The summed E-state index contributed by atoms with van der Waals surface area (Å²) in [6.07, 6.45) is 0. The molecule has 0 fully saturated rings. The first-order valence-electron chi connectivity index (χ1n) is 33.2. The molecule has 0 amide bonds. The van der Waals surface area contributed by atoms with Crippen LogP contribution in [0.25, 0.3) is 198 Å². The Hall–Kier alpha value is -13.0. The van der Waals surface area contributed by atoms with Crippen LogP contribution in [0.15, 0.2) is 315 Å². The number of thiazole rings is 2. The van der Waals surface area contributed by atoms with Crippen molar-refractivity contribution >= 4 is 108 Å². The minimum Gasteiger partial charge on any atom is -0.309 e. The van der Waals surface area contributed by atoms with Gasteiger partial charge in [-0.25, -0.2) is 39.9 Å². The number of aromatic nitrogens is 10. The monoisotopic (exact) mass is 1310 g/mol. The third-order valence-corrected chi connectivity index (χ3v) is 21.3. The van der Waals surface area contributed by atoms with E-state index in [-0.39, 0.29) is 0 Å². The van der Waals surface area contributed by atoms with Gasteiger partial charge in [0.2, 0.25) is 0 Å². The van der Waals surface area contributed by atoms with Gasteiger partial charge < -0.3 is 9.13 Å². The molecule has 0 aliphatic carbocycles. The second-order valence-electron chi connectivity index (χ2n) is 25.0. The first kappa shape index (κ1) is 57.3.